The van der Waals surface area contributed by atoms with Crippen LogP contribution in [0.15, 0.2) is 158 Å². The maximum Gasteiger partial charge on any atom is 0.0617 e. The topological polar surface area (TPSA) is 4.41 Å². The lowest BCUT2D eigenvalue weighted by Crippen LogP contribution is -1.99. The van der Waals surface area contributed by atoms with E-state index in [0.717, 1.165) is 6.42 Å². The Morgan fingerprint density at radius 3 is 1.58 bits per heavy atom. The number of benzene rings is 8. The van der Waals surface area contributed by atoms with Gasteiger partial charge in [-0.25, -0.2) is 0 Å². The van der Waals surface area contributed by atoms with Crippen molar-refractivity contribution in [2.24, 2.45) is 0 Å². The number of rotatable bonds is 3. The Morgan fingerprint density at radius 2 is 0.920 bits per heavy atom. The Bertz CT molecular complexity index is 2990. The summed E-state index contributed by atoms with van der Waals surface area (Å²) in [4.78, 5) is 0. The van der Waals surface area contributed by atoms with E-state index in [4.69, 9.17) is 0 Å². The minimum Gasteiger partial charge on any atom is -0.308 e. The fraction of sp³-hybridized carbons (Fsp3) is 0.0612. The number of hydrogen-bond acceptors (Lipinski definition) is 0. The maximum absolute atomic E-state index is 2.51. The molecule has 2 heterocycles. The van der Waals surface area contributed by atoms with E-state index in [0.29, 0.717) is 5.92 Å². The molecule has 0 bridgehead atoms. The monoisotopic (exact) mass is 635 g/mol. The lowest BCUT2D eigenvalue weighted by atomic mass is 9.88. The summed E-state index contributed by atoms with van der Waals surface area (Å²) in [6, 6.07) is 56.5. The summed E-state index contributed by atoms with van der Waals surface area (Å²) in [5, 5.41) is 11.9. The summed E-state index contributed by atoms with van der Waals surface area (Å²) in [7, 11) is 0. The van der Waals surface area contributed by atoms with E-state index in [1.54, 1.807) is 0 Å². The molecule has 1 nitrogen and oxygen atoms in total. The van der Waals surface area contributed by atoms with E-state index in [1.165, 1.54) is 104 Å². The minimum absolute atomic E-state index is 0.494. The van der Waals surface area contributed by atoms with Crippen LogP contribution in [0.1, 0.15) is 30.5 Å². The molecule has 2 aromatic heterocycles. The lowest BCUT2D eigenvalue weighted by Gasteiger charge is -2.16. The smallest absolute Gasteiger partial charge is 0.0617 e. The summed E-state index contributed by atoms with van der Waals surface area (Å²) < 4.78 is 2.51. The van der Waals surface area contributed by atoms with Crippen molar-refractivity contribution in [1.29, 1.82) is 0 Å². The first-order valence-electron chi connectivity index (χ1n) is 17.7. The predicted octanol–water partition coefficient (Wildman–Crippen LogP) is 13.7. The molecule has 1 heteroatoms. The van der Waals surface area contributed by atoms with Gasteiger partial charge in [-0.2, -0.15) is 0 Å². The van der Waals surface area contributed by atoms with Crippen molar-refractivity contribution in [2.45, 2.75) is 19.3 Å². The van der Waals surface area contributed by atoms with Gasteiger partial charge in [0.1, 0.15) is 0 Å². The van der Waals surface area contributed by atoms with Crippen LogP contribution in [0.2, 0.25) is 0 Å². The molecule has 0 aliphatic heterocycles. The van der Waals surface area contributed by atoms with Crippen molar-refractivity contribution in [3.63, 3.8) is 0 Å². The van der Waals surface area contributed by atoms with E-state index < -0.39 is 0 Å². The molecule has 0 saturated carbocycles. The third-order valence-corrected chi connectivity index (χ3v) is 11.3. The van der Waals surface area contributed by atoms with Gasteiger partial charge in [-0.1, -0.05) is 128 Å². The standard InChI is InChI=1S/C49H33N/c1-30-11-8-22-47-48(30)45-29-36(28-44-42-20-6-7-21-46(42)50(47)49(44)45)34-15-10-13-32(26-34)31-12-9-14-33(25-31)35-23-24-41-39-18-3-2-16-37(39)38-17-4-5-19-40(38)43(41)27-35/h2-10,12-30H,11H2,1H3. The Morgan fingerprint density at radius 1 is 0.420 bits per heavy atom. The highest BCUT2D eigenvalue weighted by molar-refractivity contribution is 6.25. The summed E-state index contributed by atoms with van der Waals surface area (Å²) >= 11 is 0. The van der Waals surface area contributed by atoms with Crippen molar-refractivity contribution < 1.29 is 0 Å². The molecule has 0 amide bonds. The van der Waals surface area contributed by atoms with Crippen molar-refractivity contribution in [1.82, 2.24) is 4.40 Å². The van der Waals surface area contributed by atoms with Crippen LogP contribution in [-0.2, 0) is 0 Å². The van der Waals surface area contributed by atoms with Gasteiger partial charge in [0.15, 0.2) is 0 Å². The first-order chi connectivity index (χ1) is 24.7. The highest BCUT2D eigenvalue weighted by Gasteiger charge is 2.26. The molecule has 11 rings (SSSR count). The molecule has 1 unspecified atom stereocenters. The highest BCUT2D eigenvalue weighted by Crippen LogP contribution is 2.46. The van der Waals surface area contributed by atoms with Gasteiger partial charge >= 0.3 is 0 Å². The van der Waals surface area contributed by atoms with Crippen molar-refractivity contribution >= 4 is 65.6 Å². The zero-order chi connectivity index (χ0) is 32.9. The molecule has 0 fully saturated rings. The van der Waals surface area contributed by atoms with Crippen molar-refractivity contribution in [3.05, 3.63) is 169 Å². The Balaban J connectivity index is 1.05. The maximum atomic E-state index is 2.51. The third-order valence-electron chi connectivity index (χ3n) is 11.3. The van der Waals surface area contributed by atoms with Crippen LogP contribution < -0.4 is 0 Å². The molecule has 10 aromatic rings. The quantitative estimate of drug-likeness (QED) is 0.170. The Hall–Kier alpha value is -6.18. The molecule has 0 N–H and O–H groups in total. The number of fused-ring (bicyclic) bond motifs is 12. The van der Waals surface area contributed by atoms with Gasteiger partial charge in [0.2, 0.25) is 0 Å². The summed E-state index contributed by atoms with van der Waals surface area (Å²) in [6.45, 7) is 2.37. The fourth-order valence-electron chi connectivity index (χ4n) is 9.01. The summed E-state index contributed by atoms with van der Waals surface area (Å²) in [5.41, 5.74) is 12.9. The second-order valence-corrected chi connectivity index (χ2v) is 14.1. The first kappa shape index (κ1) is 27.7. The summed E-state index contributed by atoms with van der Waals surface area (Å²) in [5.74, 6) is 0.494. The first-order valence-corrected chi connectivity index (χ1v) is 17.7. The van der Waals surface area contributed by atoms with Gasteiger partial charge in [-0.05, 0) is 126 Å². The number of para-hydroxylation sites is 1. The zero-order valence-corrected chi connectivity index (χ0v) is 27.8. The van der Waals surface area contributed by atoms with E-state index in [1.807, 2.05) is 0 Å². The highest BCUT2D eigenvalue weighted by atomic mass is 14.9. The third kappa shape index (κ3) is 3.89. The van der Waals surface area contributed by atoms with Crippen LogP contribution in [0.5, 0.6) is 0 Å². The Kier molecular flexibility index (Phi) is 5.77. The van der Waals surface area contributed by atoms with E-state index in [9.17, 15) is 0 Å². The minimum atomic E-state index is 0.494. The van der Waals surface area contributed by atoms with Gasteiger partial charge < -0.3 is 4.40 Å². The van der Waals surface area contributed by atoms with Crippen LogP contribution in [0.3, 0.4) is 0 Å². The molecule has 1 aliphatic rings. The number of hydrogen-bond donors (Lipinski definition) is 0. The van der Waals surface area contributed by atoms with Crippen LogP contribution in [0.4, 0.5) is 0 Å². The number of allylic oxidation sites excluding steroid dienone is 1. The van der Waals surface area contributed by atoms with Gasteiger partial charge in [-0.3, -0.25) is 0 Å². The molecule has 0 saturated heterocycles. The normalized spacial score (nSPS) is 14.5. The van der Waals surface area contributed by atoms with Crippen molar-refractivity contribution in [3.8, 4) is 33.4 Å². The predicted molar refractivity (Wildman–Crippen MR) is 214 cm³/mol. The average molecular weight is 636 g/mol. The summed E-state index contributed by atoms with van der Waals surface area (Å²) in [6.07, 6.45) is 5.77. The van der Waals surface area contributed by atoms with E-state index >= 15 is 0 Å². The zero-order valence-electron chi connectivity index (χ0n) is 27.8. The molecular formula is C49H33N. The van der Waals surface area contributed by atoms with Crippen molar-refractivity contribution in [2.75, 3.05) is 0 Å². The lowest BCUT2D eigenvalue weighted by molar-refractivity contribution is 0.776. The van der Waals surface area contributed by atoms with Crippen LogP contribution >= 0.6 is 0 Å². The number of aromatic nitrogens is 1. The van der Waals surface area contributed by atoms with Gasteiger partial charge in [0, 0.05) is 16.2 Å². The molecule has 1 aliphatic carbocycles. The SMILES string of the molecule is CC1CC=Cc2c1c1cc(-c3cccc(-c4cccc(-c5ccc6c7ccccc7c7ccccc7c6c5)c4)c3)cc3c4ccccc4n2c13. The number of nitrogens with zero attached hydrogens (tertiary/aromatic N) is 1. The van der Waals surface area contributed by atoms with E-state index in [-0.39, 0.29) is 0 Å². The van der Waals surface area contributed by atoms with Gasteiger partial charge in [0.05, 0.1) is 16.7 Å². The van der Waals surface area contributed by atoms with Crippen LogP contribution in [0.25, 0.3) is 99.0 Å². The van der Waals surface area contributed by atoms with E-state index in [2.05, 4.69) is 175 Å². The van der Waals surface area contributed by atoms with Crippen LogP contribution in [0, 0.1) is 0 Å². The van der Waals surface area contributed by atoms with Crippen LogP contribution in [-0.4, -0.2) is 4.40 Å². The molecule has 0 radical (unpaired) electrons. The average Bonchev–Trinajstić information content (AvgIpc) is 3.70. The fourth-order valence-corrected chi connectivity index (χ4v) is 9.01. The Labute approximate surface area is 290 Å². The molecule has 1 atom stereocenters. The van der Waals surface area contributed by atoms with Gasteiger partial charge in [-0.15, -0.1) is 0 Å². The molecule has 8 aromatic carbocycles. The second-order valence-electron chi connectivity index (χ2n) is 14.1. The second kappa shape index (κ2) is 10.4. The van der Waals surface area contributed by atoms with Gasteiger partial charge in [0.25, 0.3) is 0 Å². The largest absolute Gasteiger partial charge is 0.308 e. The molecule has 0 spiro atoms. The molecule has 234 valence electrons. The molecule has 50 heavy (non-hydrogen) atoms. The molecular weight excluding hydrogens is 603 g/mol.